The Morgan fingerprint density at radius 3 is 0.782 bits per heavy atom. The van der Waals surface area contributed by atoms with Crippen LogP contribution in [0.2, 0.25) is 0 Å². The first-order valence-electron chi connectivity index (χ1n) is 47.0. The number of aliphatic hydroxyl groups is 32. The molecule has 0 aromatic heterocycles. The van der Waals surface area contributed by atoms with Gasteiger partial charge < -0.3 is 299 Å². The van der Waals surface area contributed by atoms with Gasteiger partial charge in [-0.2, -0.15) is 0 Å². The van der Waals surface area contributed by atoms with Gasteiger partial charge in [0.1, 0.15) is 287 Å². The molecule has 0 saturated carbocycles. The van der Waals surface area contributed by atoms with E-state index in [1.807, 2.05) is 0 Å². The summed E-state index contributed by atoms with van der Waals surface area (Å²) in [5, 5.41) is 372. The average Bonchev–Trinajstić information content (AvgIpc) is 0.764. The highest BCUT2D eigenvalue weighted by molar-refractivity contribution is 5.75. The molecule has 0 aliphatic carbocycles. The highest BCUT2D eigenvalue weighted by Crippen LogP contribution is 2.42. The lowest BCUT2D eigenvalue weighted by Crippen LogP contribution is -2.71. The second-order valence-electron chi connectivity index (χ2n) is 37.4. The van der Waals surface area contributed by atoms with Gasteiger partial charge in [-0.15, -0.1) is 0 Å². The molecule has 850 valence electrons. The zero-order chi connectivity index (χ0) is 108. The summed E-state index contributed by atoms with van der Waals surface area (Å²) in [6.45, 7) is -6.64. The maximum Gasteiger partial charge on any atom is 0.217 e. The zero-order valence-electron chi connectivity index (χ0n) is 79.2. The van der Waals surface area contributed by atoms with Crippen LogP contribution in [-0.4, -0.2) is 634 Å². The highest BCUT2D eigenvalue weighted by Gasteiger charge is 2.63. The fourth-order valence-corrected chi connectivity index (χ4v) is 19.1. The molecular formula is C82H137N5O60. The molecule has 12 fully saturated rings. The summed E-state index contributed by atoms with van der Waals surface area (Å²) in [6.07, 6.45) is -117. The molecule has 12 heterocycles. The van der Waals surface area contributed by atoms with Crippen LogP contribution in [0.25, 0.3) is 0 Å². The number of carbonyl (C=O) groups is 5. The fourth-order valence-electron chi connectivity index (χ4n) is 19.1. The van der Waals surface area contributed by atoms with E-state index in [4.69, 9.17) is 109 Å². The minimum Gasteiger partial charge on any atom is -0.394 e. The molecule has 65 nitrogen and oxygen atoms in total. The predicted molar refractivity (Wildman–Crippen MR) is 452 cm³/mol. The number of aliphatic hydroxyl groups excluding tert-OH is 32. The maximum absolute atomic E-state index is 13.4. The molecule has 12 saturated heterocycles. The molecule has 1 unspecified atom stereocenters. The van der Waals surface area contributed by atoms with Gasteiger partial charge in [-0.25, -0.2) is 0 Å². The van der Waals surface area contributed by atoms with Gasteiger partial charge in [0, 0.05) is 34.6 Å². The summed E-state index contributed by atoms with van der Waals surface area (Å²) < 4.78 is 137. The van der Waals surface area contributed by atoms with Crippen molar-refractivity contribution in [2.75, 3.05) is 72.7 Å². The van der Waals surface area contributed by atoms with Crippen LogP contribution in [-0.2, 0) is 133 Å². The summed E-state index contributed by atoms with van der Waals surface area (Å²) in [7, 11) is 0. The number of hydrogen-bond acceptors (Lipinski definition) is 60. The third-order valence-electron chi connectivity index (χ3n) is 27.0. The SMILES string of the molecule is CC(=O)N[C@H]1[C@H](O[C@H]2[C@H](O)[C@@H](NC(C)=O)C(O)O[C@@H]2CO[C@@H]2O[C@@H](C)[C@@H](O)[C@@H](O)[C@@H]2O)O[C@H](CO)[C@@H](O[C@@H]2O[C@H](CO[C@H]3O[C@H](CO[C@@H]4O[C@H](CO)[C@@H](O[C@@H]5O[C@H](CO)[C@H](O)[C@H](O)[C@H]5O)[C@H](O)[C@H]4NC(C)=O)[C@@H](O)[C@H](O)[C@@H]3O[C@@H]3O[C@H](CO)[C@@H](O[C@@H]4O[C@H](CO)[C@H](O)[C@H](O)[C@H]4O)[C@H](O)[C@H]3NC(C)=O)[C@@H](O)[C@H](O[C@H]3O[C@H](CO)[C@@H](O[C@@H]4O[C@H](CO)[C@@H](O[C@@H]5O[C@H](CO)[C@H](O)[C@H](O)[C@H]5O)[C@H](O)[C@H]4NC(C)=O)[C@H](O)[C@@H]3O)[C@@H]2O)[C@@H]1O. The first-order valence-corrected chi connectivity index (χ1v) is 47.0. The largest absolute Gasteiger partial charge is 0.394 e. The van der Waals surface area contributed by atoms with E-state index in [1.54, 1.807) is 0 Å². The van der Waals surface area contributed by atoms with Crippen LogP contribution >= 0.6 is 0 Å². The van der Waals surface area contributed by atoms with Crippen molar-refractivity contribution in [2.45, 2.75) is 410 Å². The lowest BCUT2D eigenvalue weighted by molar-refractivity contribution is -0.395. The van der Waals surface area contributed by atoms with Crippen LogP contribution < -0.4 is 26.6 Å². The molecule has 12 aliphatic heterocycles. The second-order valence-corrected chi connectivity index (χ2v) is 37.4. The summed E-state index contributed by atoms with van der Waals surface area (Å²) in [5.41, 5.74) is 0. The van der Waals surface area contributed by atoms with E-state index in [2.05, 4.69) is 26.6 Å². The van der Waals surface area contributed by atoms with Gasteiger partial charge in [-0.3, -0.25) is 24.0 Å². The van der Waals surface area contributed by atoms with E-state index in [0.29, 0.717) is 0 Å². The smallest absolute Gasteiger partial charge is 0.217 e. The number of nitrogens with one attached hydrogen (secondary N) is 5. The van der Waals surface area contributed by atoms with Crippen LogP contribution in [0.15, 0.2) is 0 Å². The molecule has 5 amide bonds. The van der Waals surface area contributed by atoms with E-state index < -0.39 is 470 Å². The van der Waals surface area contributed by atoms with Gasteiger partial charge in [-0.1, -0.05) is 0 Å². The van der Waals surface area contributed by atoms with Crippen molar-refractivity contribution in [1.82, 2.24) is 26.6 Å². The van der Waals surface area contributed by atoms with E-state index in [0.717, 1.165) is 34.6 Å². The van der Waals surface area contributed by atoms with Crippen molar-refractivity contribution < 1.29 is 296 Å². The van der Waals surface area contributed by atoms with Crippen LogP contribution in [0.3, 0.4) is 0 Å². The predicted octanol–water partition coefficient (Wildman–Crippen LogP) is -25.4. The van der Waals surface area contributed by atoms with Gasteiger partial charge in [0.15, 0.2) is 75.5 Å². The number of hydrogen-bond donors (Lipinski definition) is 37. The quantitative estimate of drug-likeness (QED) is 0.0273. The Labute approximate surface area is 832 Å². The minimum atomic E-state index is -2.70. The second kappa shape index (κ2) is 52.8. The normalized spacial score (nSPS) is 49.6. The van der Waals surface area contributed by atoms with E-state index in [9.17, 15) is 187 Å². The molecular weight excluding hydrogens is 2010 g/mol. The number of rotatable bonds is 38. The third kappa shape index (κ3) is 27.0. The molecule has 12 rings (SSSR count). The lowest BCUT2D eigenvalue weighted by atomic mass is 9.93. The Hall–Kier alpha value is -4.85. The topological polar surface area (TPSA) is 1010 Å². The Balaban J connectivity index is 0.884. The van der Waals surface area contributed by atoms with Gasteiger partial charge in [0.2, 0.25) is 29.5 Å². The zero-order valence-corrected chi connectivity index (χ0v) is 79.2. The van der Waals surface area contributed by atoms with Gasteiger partial charge in [0.05, 0.1) is 78.8 Å². The Bertz CT molecular complexity index is 4110. The minimum absolute atomic E-state index is 0.878. The van der Waals surface area contributed by atoms with Gasteiger partial charge >= 0.3 is 0 Å². The van der Waals surface area contributed by atoms with E-state index in [1.165, 1.54) is 6.92 Å². The van der Waals surface area contributed by atoms with E-state index >= 15 is 0 Å². The van der Waals surface area contributed by atoms with Crippen LogP contribution in [0.5, 0.6) is 0 Å². The summed E-state index contributed by atoms with van der Waals surface area (Å²) in [5.74, 6) is -4.85. The van der Waals surface area contributed by atoms with Crippen LogP contribution in [0, 0.1) is 0 Å². The molecule has 0 spiro atoms. The maximum atomic E-state index is 13.4. The first kappa shape index (κ1) is 121. The molecule has 0 radical (unpaired) electrons. The molecule has 37 N–H and O–H groups in total. The summed E-state index contributed by atoms with van der Waals surface area (Å²) in [4.78, 5) is 65.2. The Morgan fingerprint density at radius 2 is 0.415 bits per heavy atom. The van der Waals surface area contributed by atoms with Crippen LogP contribution in [0.1, 0.15) is 41.5 Å². The van der Waals surface area contributed by atoms with Crippen molar-refractivity contribution >= 4 is 29.5 Å². The molecule has 60 atom stereocenters. The highest BCUT2D eigenvalue weighted by atomic mass is 16.8. The van der Waals surface area contributed by atoms with Crippen molar-refractivity contribution in [2.24, 2.45) is 0 Å². The van der Waals surface area contributed by atoms with Gasteiger partial charge in [-0.05, 0) is 6.92 Å². The number of ether oxygens (including phenoxy) is 23. The van der Waals surface area contributed by atoms with Crippen molar-refractivity contribution in [3.8, 4) is 0 Å². The number of amides is 5. The van der Waals surface area contributed by atoms with Crippen molar-refractivity contribution in [3.63, 3.8) is 0 Å². The monoisotopic (exact) mass is 2150 g/mol. The van der Waals surface area contributed by atoms with Gasteiger partial charge in [0.25, 0.3) is 0 Å². The standard InChI is InChI=1S/C82H137N5O60/c1-18-40(101)51(112)57(118)76(128-18)126-17-34-68(46(107)35(71(124)129-34)83-19(2)96)141-74-38(86-22(5)99)49(110)66(30(13-94)135-74)145-81-62(123)69(146-80-61(122)56(117)67(31(14-95)137-80)140-73-37(85-21(4)98)48(109)64(28(11-92)134-73)143-78-59(120)53(114)42(103)25(8-89)131-78)45(106)33(138-81)16-127-82-70(147-75-39(87-23(6)100)50(111)65(29(12-93)136-75)144-79-60(121)54(115)43(104)26(9-90)132-79)55(116)44(105)32(139-82)15-125-72-36(84-20(3)97)47(108)63(27(10-91)133-72)142-77-58(119)52(113)41(102)24(7-88)130-77/h18,24-82,88-95,101-124H,7-17H2,1-6H3,(H,83,96)(H,84,97)(H,85,98)(H,86,99)(H,87,100)/t18-,24+,25+,26+,27+,28+,29+,30+,31+,32+,33+,34+,35+,36+,37+,38+,39+,40+,41-,42-,43-,44+,45+,46+,47+,48+,49+,50+,51+,52-,53-,54-,55-,56+,57-,58+,59+,60+,61-,62-,63+,64+,65+,66+,67+,68+,69-,70-,71?,72+,73-,74-,75-,76+,77-,78-,79-,80+,81-,82-/m0/s1. The fraction of sp³-hybridized carbons (Fsp3) is 0.939. The Morgan fingerprint density at radius 1 is 0.190 bits per heavy atom. The molecule has 147 heavy (non-hydrogen) atoms. The molecule has 65 heteroatoms. The lowest BCUT2D eigenvalue weighted by Gasteiger charge is -2.51. The van der Waals surface area contributed by atoms with E-state index in [-0.39, 0.29) is 0 Å². The van der Waals surface area contributed by atoms with Crippen LogP contribution in [0.4, 0.5) is 0 Å². The average molecular weight is 2150 g/mol. The first-order chi connectivity index (χ1) is 69.5. The van der Waals surface area contributed by atoms with Crippen molar-refractivity contribution in [1.29, 1.82) is 0 Å². The molecule has 0 aromatic carbocycles. The third-order valence-corrected chi connectivity index (χ3v) is 27.0. The summed E-state index contributed by atoms with van der Waals surface area (Å²) in [6, 6.07) is -9.77. The Kier molecular flexibility index (Phi) is 43.4. The molecule has 0 aromatic rings. The summed E-state index contributed by atoms with van der Waals surface area (Å²) >= 11 is 0. The molecule has 12 aliphatic rings. The van der Waals surface area contributed by atoms with Crippen molar-refractivity contribution in [3.05, 3.63) is 0 Å². The molecule has 0 bridgehead atoms. The number of carbonyl (C=O) groups excluding carboxylic acids is 5.